The molecule has 2 aliphatic heterocycles. The molecule has 1 unspecified atom stereocenters. The van der Waals surface area contributed by atoms with E-state index in [4.69, 9.17) is 9.15 Å². The molecule has 23 heavy (non-hydrogen) atoms. The van der Waals surface area contributed by atoms with E-state index in [0.717, 1.165) is 31.4 Å². The molecule has 4 nitrogen and oxygen atoms in total. The smallest absolute Gasteiger partial charge is 0.117 e. The molecule has 0 bridgehead atoms. The van der Waals surface area contributed by atoms with Crippen LogP contribution in [-0.4, -0.2) is 56.2 Å². The molecule has 1 atom stereocenters. The standard InChI is InChI=1S/C19H30N2O2/c1-22-14-17-12-21(13-18-3-2-10-23-18)15-19(17)6-8-20(9-7-19)11-16-4-5-16/h2-3,10,16-17H,4-9,11-15H2,1H3. The second-order valence-corrected chi connectivity index (χ2v) is 8.01. The number of rotatable bonds is 6. The first-order valence-electron chi connectivity index (χ1n) is 9.23. The van der Waals surface area contributed by atoms with Gasteiger partial charge in [-0.25, -0.2) is 0 Å². The number of hydrogen-bond donors (Lipinski definition) is 0. The van der Waals surface area contributed by atoms with E-state index < -0.39 is 0 Å². The number of methoxy groups -OCH3 is 1. The lowest BCUT2D eigenvalue weighted by molar-refractivity contribution is 0.0360. The van der Waals surface area contributed by atoms with Crippen molar-refractivity contribution in [3.8, 4) is 0 Å². The highest BCUT2D eigenvalue weighted by Gasteiger charge is 2.48. The molecule has 1 spiro atoms. The summed E-state index contributed by atoms with van der Waals surface area (Å²) in [5.74, 6) is 2.77. The zero-order valence-corrected chi connectivity index (χ0v) is 14.4. The van der Waals surface area contributed by atoms with Crippen LogP contribution in [0.3, 0.4) is 0 Å². The van der Waals surface area contributed by atoms with Crippen LogP contribution in [0, 0.1) is 17.3 Å². The summed E-state index contributed by atoms with van der Waals surface area (Å²) >= 11 is 0. The fourth-order valence-corrected chi connectivity index (χ4v) is 4.73. The molecule has 128 valence electrons. The van der Waals surface area contributed by atoms with Gasteiger partial charge in [-0.3, -0.25) is 4.90 Å². The monoisotopic (exact) mass is 318 g/mol. The molecule has 0 amide bonds. The van der Waals surface area contributed by atoms with Crippen molar-refractivity contribution in [1.82, 2.24) is 9.80 Å². The van der Waals surface area contributed by atoms with Crippen LogP contribution >= 0.6 is 0 Å². The maximum Gasteiger partial charge on any atom is 0.117 e. The summed E-state index contributed by atoms with van der Waals surface area (Å²) in [4.78, 5) is 5.29. The quantitative estimate of drug-likeness (QED) is 0.806. The summed E-state index contributed by atoms with van der Waals surface area (Å²) in [5, 5.41) is 0. The Morgan fingerprint density at radius 2 is 2.09 bits per heavy atom. The molecule has 0 radical (unpaired) electrons. The molecule has 0 aromatic carbocycles. The van der Waals surface area contributed by atoms with Crippen molar-refractivity contribution < 1.29 is 9.15 Å². The van der Waals surface area contributed by atoms with Crippen molar-refractivity contribution in [1.29, 1.82) is 0 Å². The highest BCUT2D eigenvalue weighted by Crippen LogP contribution is 2.45. The molecule has 3 aliphatic rings. The maximum absolute atomic E-state index is 5.57. The Kier molecular flexibility index (Phi) is 4.48. The minimum Gasteiger partial charge on any atom is -0.468 e. The molecule has 4 rings (SSSR count). The first kappa shape index (κ1) is 15.7. The third-order valence-corrected chi connectivity index (χ3v) is 6.28. The number of hydrogen-bond acceptors (Lipinski definition) is 4. The summed E-state index contributed by atoms with van der Waals surface area (Å²) in [7, 11) is 1.85. The van der Waals surface area contributed by atoms with E-state index in [1.54, 1.807) is 6.26 Å². The SMILES string of the molecule is COCC1CN(Cc2ccco2)CC12CCN(CC1CC1)CC2. The Morgan fingerprint density at radius 3 is 2.74 bits per heavy atom. The van der Waals surface area contributed by atoms with Gasteiger partial charge in [0.2, 0.25) is 0 Å². The summed E-state index contributed by atoms with van der Waals surface area (Å²) in [6.45, 7) is 8.12. The van der Waals surface area contributed by atoms with Crippen LogP contribution in [0.4, 0.5) is 0 Å². The van der Waals surface area contributed by atoms with Gasteiger partial charge >= 0.3 is 0 Å². The predicted molar refractivity (Wildman–Crippen MR) is 90.2 cm³/mol. The topological polar surface area (TPSA) is 28.9 Å². The van der Waals surface area contributed by atoms with E-state index in [1.807, 2.05) is 13.2 Å². The lowest BCUT2D eigenvalue weighted by atomic mass is 9.71. The van der Waals surface area contributed by atoms with Crippen LogP contribution in [-0.2, 0) is 11.3 Å². The van der Waals surface area contributed by atoms with Crippen LogP contribution in [0.15, 0.2) is 22.8 Å². The number of furan rings is 1. The molecule has 1 aliphatic carbocycles. The summed E-state index contributed by atoms with van der Waals surface area (Å²) in [6, 6.07) is 4.08. The van der Waals surface area contributed by atoms with Gasteiger partial charge in [-0.05, 0) is 62.2 Å². The second kappa shape index (κ2) is 6.58. The predicted octanol–water partition coefficient (Wildman–Crippen LogP) is 2.85. The Morgan fingerprint density at radius 1 is 1.26 bits per heavy atom. The Hall–Kier alpha value is -0.840. The average molecular weight is 318 g/mol. The zero-order valence-electron chi connectivity index (χ0n) is 14.4. The van der Waals surface area contributed by atoms with Crippen molar-refractivity contribution >= 4 is 0 Å². The number of piperidine rings is 1. The van der Waals surface area contributed by atoms with Crippen molar-refractivity contribution in [2.75, 3.05) is 46.4 Å². The van der Waals surface area contributed by atoms with E-state index in [2.05, 4.69) is 15.9 Å². The van der Waals surface area contributed by atoms with Crippen LogP contribution in [0.1, 0.15) is 31.4 Å². The lowest BCUT2D eigenvalue weighted by Crippen LogP contribution is -2.45. The Bertz CT molecular complexity index is 489. The minimum absolute atomic E-state index is 0.461. The highest BCUT2D eigenvalue weighted by atomic mass is 16.5. The Balaban J connectivity index is 1.38. The van der Waals surface area contributed by atoms with Crippen LogP contribution < -0.4 is 0 Å². The van der Waals surface area contributed by atoms with Gasteiger partial charge in [-0.1, -0.05) is 0 Å². The molecule has 1 aromatic rings. The largest absolute Gasteiger partial charge is 0.468 e. The van der Waals surface area contributed by atoms with Gasteiger partial charge in [0.25, 0.3) is 0 Å². The van der Waals surface area contributed by atoms with Crippen molar-refractivity contribution in [3.05, 3.63) is 24.2 Å². The molecule has 0 N–H and O–H groups in total. The molecule has 3 heterocycles. The summed E-state index contributed by atoms with van der Waals surface area (Å²) < 4.78 is 11.1. The van der Waals surface area contributed by atoms with Gasteiger partial charge in [0.05, 0.1) is 19.4 Å². The maximum atomic E-state index is 5.57. The molecule has 1 aromatic heterocycles. The second-order valence-electron chi connectivity index (χ2n) is 8.01. The molecule has 1 saturated carbocycles. The fraction of sp³-hybridized carbons (Fsp3) is 0.789. The summed E-state index contributed by atoms with van der Waals surface area (Å²) in [6.07, 6.45) is 7.38. The number of ether oxygens (including phenoxy) is 1. The Labute approximate surface area is 139 Å². The van der Waals surface area contributed by atoms with E-state index in [1.165, 1.54) is 51.9 Å². The highest BCUT2D eigenvalue weighted by molar-refractivity contribution is 5.03. The third-order valence-electron chi connectivity index (χ3n) is 6.28. The van der Waals surface area contributed by atoms with Crippen molar-refractivity contribution in [3.63, 3.8) is 0 Å². The van der Waals surface area contributed by atoms with Gasteiger partial charge in [0.1, 0.15) is 5.76 Å². The molecular weight excluding hydrogens is 288 g/mol. The molecule has 3 fully saturated rings. The van der Waals surface area contributed by atoms with E-state index in [0.29, 0.717) is 11.3 Å². The van der Waals surface area contributed by atoms with E-state index in [9.17, 15) is 0 Å². The zero-order chi connectivity index (χ0) is 15.7. The molecular formula is C19H30N2O2. The van der Waals surface area contributed by atoms with Crippen molar-refractivity contribution in [2.45, 2.75) is 32.2 Å². The van der Waals surface area contributed by atoms with Gasteiger partial charge < -0.3 is 14.1 Å². The fourth-order valence-electron chi connectivity index (χ4n) is 4.73. The van der Waals surface area contributed by atoms with Crippen molar-refractivity contribution in [2.24, 2.45) is 17.3 Å². The molecule has 2 saturated heterocycles. The number of nitrogens with zero attached hydrogens (tertiary/aromatic N) is 2. The van der Waals surface area contributed by atoms with Gasteiger partial charge in [-0.15, -0.1) is 0 Å². The normalized spacial score (nSPS) is 28.7. The van der Waals surface area contributed by atoms with Crippen LogP contribution in [0.2, 0.25) is 0 Å². The van der Waals surface area contributed by atoms with E-state index in [-0.39, 0.29) is 0 Å². The lowest BCUT2D eigenvalue weighted by Gasteiger charge is -2.42. The summed E-state index contributed by atoms with van der Waals surface area (Å²) in [5.41, 5.74) is 0.461. The van der Waals surface area contributed by atoms with E-state index >= 15 is 0 Å². The third kappa shape index (κ3) is 3.49. The first-order valence-corrected chi connectivity index (χ1v) is 9.23. The first-order chi connectivity index (χ1) is 11.3. The minimum atomic E-state index is 0.461. The average Bonchev–Trinajstić information content (AvgIpc) is 3.10. The number of likely N-dealkylation sites (tertiary alicyclic amines) is 2. The van der Waals surface area contributed by atoms with Gasteiger partial charge in [0.15, 0.2) is 0 Å². The van der Waals surface area contributed by atoms with Gasteiger partial charge in [-0.2, -0.15) is 0 Å². The van der Waals surface area contributed by atoms with Gasteiger partial charge in [0, 0.05) is 32.7 Å². The molecule has 4 heteroatoms. The van der Waals surface area contributed by atoms with Crippen LogP contribution in [0.5, 0.6) is 0 Å². The van der Waals surface area contributed by atoms with Crippen LogP contribution in [0.25, 0.3) is 0 Å².